The summed E-state index contributed by atoms with van der Waals surface area (Å²) in [6.45, 7) is 14.9. The van der Waals surface area contributed by atoms with Crippen molar-refractivity contribution in [2.45, 2.75) is 85.9 Å². The Balaban J connectivity index is 0.000000209. The van der Waals surface area contributed by atoms with Crippen LogP contribution in [-0.2, 0) is 21.7 Å². The van der Waals surface area contributed by atoms with Crippen molar-refractivity contribution in [2.75, 3.05) is 0 Å². The third kappa shape index (κ3) is 9.09. The van der Waals surface area contributed by atoms with Crippen LogP contribution in [0.3, 0.4) is 0 Å². The maximum absolute atomic E-state index is 13.9. The first kappa shape index (κ1) is 40.6. The van der Waals surface area contributed by atoms with Crippen molar-refractivity contribution in [2.24, 2.45) is 0 Å². The van der Waals surface area contributed by atoms with E-state index in [1.54, 1.807) is 13.0 Å². The number of rotatable bonds is 2. The van der Waals surface area contributed by atoms with Crippen LogP contribution in [0.5, 0.6) is 0 Å². The van der Waals surface area contributed by atoms with Crippen molar-refractivity contribution in [3.8, 4) is 11.1 Å². The van der Waals surface area contributed by atoms with E-state index in [-0.39, 0.29) is 33.3 Å². The van der Waals surface area contributed by atoms with Crippen LogP contribution in [0.15, 0.2) is 60.7 Å². The molecule has 1 aliphatic heterocycles. The molecule has 0 bridgehead atoms. The fraction of sp³-hybridized carbons (Fsp3) is 0.351. The Morgan fingerprint density at radius 1 is 0.520 bits per heavy atom. The number of hydrogen-bond acceptors (Lipinski definition) is 2. The molecule has 0 atom stereocenters. The molecule has 0 radical (unpaired) electrons. The van der Waals surface area contributed by atoms with Crippen LogP contribution in [0.2, 0.25) is 0 Å². The van der Waals surface area contributed by atoms with Gasteiger partial charge < -0.3 is 9.31 Å². The molecular weight excluding hydrogens is 677 g/mol. The van der Waals surface area contributed by atoms with Crippen LogP contribution in [0.1, 0.15) is 66.6 Å². The van der Waals surface area contributed by atoms with Gasteiger partial charge in [0.1, 0.15) is 23.3 Å². The van der Waals surface area contributed by atoms with Gasteiger partial charge in [-0.25, -0.2) is 17.6 Å². The Labute approximate surface area is 285 Å². The highest BCUT2D eigenvalue weighted by atomic mass is 19.4. The lowest BCUT2D eigenvalue weighted by molar-refractivity contribution is -0.138. The molecule has 0 aliphatic carbocycles. The molecule has 4 aromatic rings. The molecule has 0 N–H and O–H groups in total. The van der Waals surface area contributed by atoms with Gasteiger partial charge in [-0.3, -0.25) is 0 Å². The number of benzene rings is 4. The lowest BCUT2D eigenvalue weighted by Crippen LogP contribution is -2.41. The van der Waals surface area contributed by atoms with E-state index in [1.807, 2.05) is 27.7 Å². The monoisotopic (exact) mass is 714 g/mol. The Morgan fingerprint density at radius 3 is 1.44 bits per heavy atom. The molecule has 1 saturated heterocycles. The van der Waals surface area contributed by atoms with Gasteiger partial charge in [-0.05, 0) is 132 Å². The van der Waals surface area contributed by atoms with Gasteiger partial charge >= 0.3 is 19.5 Å². The van der Waals surface area contributed by atoms with E-state index >= 15 is 0 Å². The van der Waals surface area contributed by atoms with E-state index in [1.165, 1.54) is 45.9 Å². The SMILES string of the molecule is Cc1cc(F)c(-c2c(C)cccc2C(F)(F)F)cc1F.Cc1cc(F)c(B2OC(C)(C)C(C)(C)O2)cc1F.Cc1cccc(C(F)(F)F)c1C. The van der Waals surface area contributed by atoms with E-state index in [4.69, 9.17) is 9.31 Å². The van der Waals surface area contributed by atoms with Crippen molar-refractivity contribution in [1.82, 2.24) is 0 Å². The van der Waals surface area contributed by atoms with Crippen molar-refractivity contribution in [3.05, 3.63) is 123 Å². The molecule has 0 saturated carbocycles. The molecule has 0 spiro atoms. The smallest absolute Gasteiger partial charge is 0.399 e. The minimum Gasteiger partial charge on any atom is -0.399 e. The van der Waals surface area contributed by atoms with Crippen LogP contribution < -0.4 is 5.46 Å². The van der Waals surface area contributed by atoms with Gasteiger partial charge in [0.2, 0.25) is 0 Å². The topological polar surface area (TPSA) is 18.5 Å². The standard InChI is InChI=1S/C15H11F5.C13H17BF2O2.C9H9F3/c1-8-4-3-5-11(15(18,19)20)14(8)10-7-12(16)9(2)6-13(10)17;1-8-6-11(16)9(7-10(8)15)14-17-12(2,3)13(4,5)18-14;1-6-4-3-5-8(7(6)2)9(10,11)12/h3-7H,1-2H3;6-7H,1-5H3;3-5H,1-2H3. The molecule has 13 heteroatoms. The van der Waals surface area contributed by atoms with Gasteiger partial charge in [0.05, 0.1) is 22.3 Å². The Kier molecular flexibility index (Phi) is 12.0. The second kappa shape index (κ2) is 14.8. The number of hydrogen-bond donors (Lipinski definition) is 0. The molecule has 5 rings (SSSR count). The van der Waals surface area contributed by atoms with E-state index in [0.717, 1.165) is 36.4 Å². The first-order chi connectivity index (χ1) is 22.8. The molecule has 0 amide bonds. The second-order valence-electron chi connectivity index (χ2n) is 13.0. The predicted molar refractivity (Wildman–Crippen MR) is 174 cm³/mol. The fourth-order valence-corrected chi connectivity index (χ4v) is 4.97. The van der Waals surface area contributed by atoms with Gasteiger partial charge in [0, 0.05) is 11.0 Å². The average Bonchev–Trinajstić information content (AvgIpc) is 3.19. The van der Waals surface area contributed by atoms with Crippen molar-refractivity contribution < 1.29 is 53.2 Å². The van der Waals surface area contributed by atoms with Crippen LogP contribution in [0, 0.1) is 57.9 Å². The lowest BCUT2D eigenvalue weighted by atomic mass is 9.78. The van der Waals surface area contributed by atoms with Gasteiger partial charge in [-0.15, -0.1) is 0 Å². The molecule has 270 valence electrons. The van der Waals surface area contributed by atoms with Crippen LogP contribution in [0.25, 0.3) is 11.1 Å². The molecule has 0 aromatic heterocycles. The summed E-state index contributed by atoms with van der Waals surface area (Å²) in [5.74, 6) is -2.57. The summed E-state index contributed by atoms with van der Waals surface area (Å²) in [7, 11) is -0.870. The normalized spacial score (nSPS) is 15.2. The number of aryl methyl sites for hydroxylation is 4. The van der Waals surface area contributed by atoms with E-state index in [9.17, 15) is 43.9 Å². The maximum atomic E-state index is 13.9. The molecule has 50 heavy (non-hydrogen) atoms. The summed E-state index contributed by atoms with van der Waals surface area (Å²) in [6, 6.07) is 11.7. The average molecular weight is 714 g/mol. The van der Waals surface area contributed by atoms with Gasteiger partial charge in [0.15, 0.2) is 0 Å². The number of halogens is 10. The number of alkyl halides is 6. The first-order valence-corrected chi connectivity index (χ1v) is 15.4. The van der Waals surface area contributed by atoms with Crippen molar-refractivity contribution >= 4 is 12.6 Å². The summed E-state index contributed by atoms with van der Waals surface area (Å²) in [5, 5.41) is 0. The Bertz CT molecular complexity index is 1830. The van der Waals surface area contributed by atoms with Crippen molar-refractivity contribution in [1.29, 1.82) is 0 Å². The van der Waals surface area contributed by atoms with Gasteiger partial charge in [0.25, 0.3) is 0 Å². The lowest BCUT2D eigenvalue weighted by Gasteiger charge is -2.32. The van der Waals surface area contributed by atoms with Crippen molar-refractivity contribution in [3.63, 3.8) is 0 Å². The van der Waals surface area contributed by atoms with E-state index in [2.05, 4.69) is 0 Å². The van der Waals surface area contributed by atoms with Gasteiger partial charge in [-0.2, -0.15) is 26.3 Å². The molecule has 1 aliphatic rings. The first-order valence-electron chi connectivity index (χ1n) is 15.4. The third-order valence-electron chi connectivity index (χ3n) is 8.79. The zero-order chi connectivity index (χ0) is 38.1. The Morgan fingerprint density at radius 2 is 0.960 bits per heavy atom. The summed E-state index contributed by atoms with van der Waals surface area (Å²) >= 11 is 0. The molecule has 1 heterocycles. The van der Waals surface area contributed by atoms with Crippen LogP contribution >= 0.6 is 0 Å². The van der Waals surface area contributed by atoms with E-state index < -0.39 is 65.1 Å². The highest BCUT2D eigenvalue weighted by Crippen LogP contribution is 2.40. The summed E-state index contributed by atoms with van der Waals surface area (Å²) in [6.07, 6.45) is -8.86. The molecular formula is C37H37BF10O2. The highest BCUT2D eigenvalue weighted by molar-refractivity contribution is 6.62. The third-order valence-corrected chi connectivity index (χ3v) is 8.79. The predicted octanol–water partition coefficient (Wildman–Crippen LogP) is 11.2. The molecule has 0 unspecified atom stereocenters. The molecule has 2 nitrogen and oxygen atoms in total. The largest absolute Gasteiger partial charge is 0.497 e. The summed E-state index contributed by atoms with van der Waals surface area (Å²) < 4.78 is 142. The van der Waals surface area contributed by atoms with Crippen LogP contribution in [0.4, 0.5) is 43.9 Å². The minimum atomic E-state index is -4.63. The maximum Gasteiger partial charge on any atom is 0.497 e. The second-order valence-corrected chi connectivity index (χ2v) is 13.0. The summed E-state index contributed by atoms with van der Waals surface area (Å²) in [5.41, 5.74) is -1.69. The molecule has 1 fully saturated rings. The minimum absolute atomic E-state index is 0.0494. The zero-order valence-corrected chi connectivity index (χ0v) is 28.9. The summed E-state index contributed by atoms with van der Waals surface area (Å²) in [4.78, 5) is 0. The van der Waals surface area contributed by atoms with E-state index in [0.29, 0.717) is 11.1 Å². The van der Waals surface area contributed by atoms with Gasteiger partial charge in [-0.1, -0.05) is 24.3 Å². The highest BCUT2D eigenvalue weighted by Gasteiger charge is 2.52. The fourth-order valence-electron chi connectivity index (χ4n) is 4.97. The zero-order valence-electron chi connectivity index (χ0n) is 28.9. The molecule has 4 aromatic carbocycles. The van der Waals surface area contributed by atoms with Crippen LogP contribution in [-0.4, -0.2) is 18.3 Å². The Hall–Kier alpha value is -3.84. The quantitative estimate of drug-likeness (QED) is 0.152.